The highest BCUT2D eigenvalue weighted by atomic mass is 35.5. The number of amides is 1. The molecule has 0 aliphatic carbocycles. The predicted molar refractivity (Wildman–Crippen MR) is 104 cm³/mol. The number of carbonyl (C=O) groups excluding carboxylic acids is 1. The molecule has 1 rings (SSSR count). The van der Waals surface area contributed by atoms with Crippen molar-refractivity contribution in [3.8, 4) is 0 Å². The molecule has 1 aromatic rings. The molecule has 1 aromatic carbocycles. The van der Waals surface area contributed by atoms with E-state index < -0.39 is 4.84 Å². The largest absolute Gasteiger partial charge is 0.354 e. The maximum atomic E-state index is 11.1. The number of hydrogen-bond donors (Lipinski definition) is 2. The topological polar surface area (TPSA) is 41.1 Å². The lowest BCUT2D eigenvalue weighted by Crippen LogP contribution is -2.29. The Morgan fingerprint density at radius 1 is 0.917 bits per heavy atom. The number of alkyl halides is 2. The van der Waals surface area contributed by atoms with E-state index in [0.29, 0.717) is 16.6 Å². The molecule has 0 aliphatic heterocycles. The van der Waals surface area contributed by atoms with Crippen molar-refractivity contribution in [2.24, 2.45) is 0 Å². The Morgan fingerprint density at radius 3 is 2.17 bits per heavy atom. The molecule has 0 spiro atoms. The van der Waals surface area contributed by atoms with E-state index in [2.05, 4.69) is 10.6 Å². The van der Waals surface area contributed by atoms with Crippen LogP contribution >= 0.6 is 46.4 Å². The normalized spacial score (nSPS) is 11.0. The molecular formula is C17H24Cl4N2O. The van der Waals surface area contributed by atoms with Gasteiger partial charge in [0.25, 0.3) is 5.91 Å². The summed E-state index contributed by atoms with van der Waals surface area (Å²) < 4.78 is 0. The Labute approximate surface area is 164 Å². The first kappa shape index (κ1) is 21.9. The third-order valence-corrected chi connectivity index (χ3v) is 4.73. The molecule has 0 aromatic heterocycles. The van der Waals surface area contributed by atoms with Crippen LogP contribution in [-0.2, 0) is 11.3 Å². The Balaban J connectivity index is 1.90. The van der Waals surface area contributed by atoms with Crippen molar-refractivity contribution in [2.75, 3.05) is 13.1 Å². The van der Waals surface area contributed by atoms with Crippen LogP contribution < -0.4 is 10.6 Å². The summed E-state index contributed by atoms with van der Waals surface area (Å²) in [5.74, 6) is -0.314. The van der Waals surface area contributed by atoms with Gasteiger partial charge in [0.2, 0.25) is 0 Å². The summed E-state index contributed by atoms with van der Waals surface area (Å²) in [6.07, 6.45) is 6.79. The van der Waals surface area contributed by atoms with Gasteiger partial charge in [-0.15, -0.1) is 0 Å². The monoisotopic (exact) mass is 412 g/mol. The van der Waals surface area contributed by atoms with Gasteiger partial charge < -0.3 is 10.6 Å². The van der Waals surface area contributed by atoms with E-state index in [1.807, 2.05) is 18.2 Å². The summed E-state index contributed by atoms with van der Waals surface area (Å²) >= 11 is 22.8. The van der Waals surface area contributed by atoms with Crippen LogP contribution in [0.25, 0.3) is 0 Å². The Hall–Kier alpha value is -0.190. The van der Waals surface area contributed by atoms with Gasteiger partial charge in [0.1, 0.15) is 0 Å². The van der Waals surface area contributed by atoms with Crippen molar-refractivity contribution in [3.05, 3.63) is 33.8 Å². The highest BCUT2D eigenvalue weighted by Gasteiger charge is 2.09. The minimum absolute atomic E-state index is 0.314. The van der Waals surface area contributed by atoms with Gasteiger partial charge in [0.15, 0.2) is 4.84 Å². The third-order valence-electron chi connectivity index (χ3n) is 3.59. The zero-order valence-corrected chi connectivity index (χ0v) is 16.6. The number of rotatable bonds is 12. The van der Waals surface area contributed by atoms with E-state index >= 15 is 0 Å². The van der Waals surface area contributed by atoms with Crippen molar-refractivity contribution in [1.29, 1.82) is 0 Å². The Bertz CT molecular complexity index is 497. The molecule has 24 heavy (non-hydrogen) atoms. The molecule has 0 radical (unpaired) electrons. The lowest BCUT2D eigenvalue weighted by atomic mass is 10.1. The smallest absolute Gasteiger partial charge is 0.253 e. The highest BCUT2D eigenvalue weighted by molar-refractivity contribution is 6.53. The Morgan fingerprint density at radius 2 is 1.54 bits per heavy atom. The highest BCUT2D eigenvalue weighted by Crippen LogP contribution is 2.22. The SMILES string of the molecule is O=C(NCCCCCCCCNCc1ccc(Cl)c(Cl)c1)C(Cl)Cl. The number of benzene rings is 1. The molecule has 136 valence electrons. The summed E-state index contributed by atoms with van der Waals surface area (Å²) in [6, 6.07) is 5.70. The van der Waals surface area contributed by atoms with Crippen molar-refractivity contribution in [3.63, 3.8) is 0 Å². The van der Waals surface area contributed by atoms with Crippen LogP contribution in [0.1, 0.15) is 44.1 Å². The number of nitrogens with one attached hydrogen (secondary N) is 2. The molecule has 7 heteroatoms. The van der Waals surface area contributed by atoms with E-state index in [-0.39, 0.29) is 5.91 Å². The van der Waals surface area contributed by atoms with Crippen LogP contribution in [0, 0.1) is 0 Å². The molecule has 0 saturated heterocycles. The number of unbranched alkanes of at least 4 members (excludes halogenated alkanes) is 5. The lowest BCUT2D eigenvalue weighted by molar-refractivity contribution is -0.119. The number of carbonyl (C=O) groups is 1. The van der Waals surface area contributed by atoms with Crippen LogP contribution in [-0.4, -0.2) is 23.8 Å². The van der Waals surface area contributed by atoms with Crippen molar-refractivity contribution in [2.45, 2.75) is 49.9 Å². The predicted octanol–water partition coefficient (Wildman–Crippen LogP) is 5.34. The number of halogens is 4. The molecule has 0 atom stereocenters. The zero-order valence-electron chi connectivity index (χ0n) is 13.6. The first-order valence-electron chi connectivity index (χ1n) is 8.21. The van der Waals surface area contributed by atoms with Crippen molar-refractivity contribution in [1.82, 2.24) is 10.6 Å². The van der Waals surface area contributed by atoms with Crippen molar-refractivity contribution >= 4 is 52.3 Å². The molecule has 0 aliphatic rings. The maximum absolute atomic E-state index is 11.1. The number of hydrogen-bond acceptors (Lipinski definition) is 2. The first-order chi connectivity index (χ1) is 11.5. The van der Waals surface area contributed by atoms with E-state index in [9.17, 15) is 4.79 Å². The second kappa shape index (κ2) is 13.1. The van der Waals surface area contributed by atoms with Crippen LogP contribution in [0.5, 0.6) is 0 Å². The van der Waals surface area contributed by atoms with E-state index in [0.717, 1.165) is 37.9 Å². The van der Waals surface area contributed by atoms with Gasteiger partial charge in [-0.2, -0.15) is 0 Å². The van der Waals surface area contributed by atoms with Gasteiger partial charge in [0, 0.05) is 13.1 Å². The van der Waals surface area contributed by atoms with Crippen LogP contribution in [0.4, 0.5) is 0 Å². The fourth-order valence-electron chi connectivity index (χ4n) is 2.25. The molecule has 1 amide bonds. The first-order valence-corrected chi connectivity index (χ1v) is 9.84. The van der Waals surface area contributed by atoms with Crippen LogP contribution in [0.3, 0.4) is 0 Å². The van der Waals surface area contributed by atoms with E-state index in [4.69, 9.17) is 46.4 Å². The van der Waals surface area contributed by atoms with Gasteiger partial charge in [-0.3, -0.25) is 4.79 Å². The summed E-state index contributed by atoms with van der Waals surface area (Å²) in [4.78, 5) is 10.1. The molecular weight excluding hydrogens is 390 g/mol. The van der Waals surface area contributed by atoms with E-state index in [1.54, 1.807) is 0 Å². The zero-order chi connectivity index (χ0) is 17.8. The standard InChI is InChI=1S/C17H24Cl4N2O/c18-14-8-7-13(11-15(14)19)12-22-9-5-3-1-2-4-6-10-23-17(24)16(20)21/h7-8,11,16,22H,1-6,9-10,12H2,(H,23,24). The third kappa shape index (κ3) is 9.95. The van der Waals surface area contributed by atoms with Crippen molar-refractivity contribution < 1.29 is 4.79 Å². The van der Waals surface area contributed by atoms with Crippen LogP contribution in [0.2, 0.25) is 10.0 Å². The van der Waals surface area contributed by atoms with Gasteiger partial charge in [-0.25, -0.2) is 0 Å². The maximum Gasteiger partial charge on any atom is 0.253 e. The minimum Gasteiger partial charge on any atom is -0.354 e. The molecule has 0 bridgehead atoms. The Kier molecular flexibility index (Phi) is 11.9. The lowest BCUT2D eigenvalue weighted by Gasteiger charge is -2.07. The minimum atomic E-state index is -0.971. The van der Waals surface area contributed by atoms with Gasteiger partial charge in [-0.05, 0) is 37.1 Å². The summed E-state index contributed by atoms with van der Waals surface area (Å²) in [7, 11) is 0. The second-order valence-electron chi connectivity index (χ2n) is 5.64. The van der Waals surface area contributed by atoms with Crippen LogP contribution in [0.15, 0.2) is 18.2 Å². The van der Waals surface area contributed by atoms with Gasteiger partial charge in [-0.1, -0.05) is 78.2 Å². The summed E-state index contributed by atoms with van der Waals surface area (Å²) in [6.45, 7) is 2.43. The fourth-order valence-corrected chi connectivity index (χ4v) is 2.73. The fraction of sp³-hybridized carbons (Fsp3) is 0.588. The second-order valence-corrected chi connectivity index (χ2v) is 7.55. The summed E-state index contributed by atoms with van der Waals surface area (Å²) in [5, 5.41) is 7.29. The summed E-state index contributed by atoms with van der Waals surface area (Å²) in [5.41, 5.74) is 1.14. The average Bonchev–Trinajstić information content (AvgIpc) is 2.55. The molecule has 0 unspecified atom stereocenters. The molecule has 0 fully saturated rings. The van der Waals surface area contributed by atoms with Gasteiger partial charge in [0.05, 0.1) is 10.0 Å². The average molecular weight is 414 g/mol. The molecule has 2 N–H and O–H groups in total. The van der Waals surface area contributed by atoms with E-state index in [1.165, 1.54) is 19.3 Å². The molecule has 0 saturated carbocycles. The van der Waals surface area contributed by atoms with Gasteiger partial charge >= 0.3 is 0 Å². The molecule has 3 nitrogen and oxygen atoms in total. The molecule has 0 heterocycles. The quantitative estimate of drug-likeness (QED) is 0.358.